The first-order valence-electron chi connectivity index (χ1n) is 10.3. The van der Waals surface area contributed by atoms with Crippen molar-refractivity contribution in [2.45, 2.75) is 51.2 Å². The van der Waals surface area contributed by atoms with Crippen LogP contribution in [-0.4, -0.2) is 78.2 Å². The summed E-state index contributed by atoms with van der Waals surface area (Å²) < 4.78 is 19.9. The number of piperazine rings is 1. The van der Waals surface area contributed by atoms with Crippen LogP contribution in [0.4, 0.5) is 9.18 Å². The second kappa shape index (κ2) is 8.37. The van der Waals surface area contributed by atoms with Crippen LogP contribution in [0.5, 0.6) is 0 Å². The van der Waals surface area contributed by atoms with Gasteiger partial charge in [0, 0.05) is 31.7 Å². The summed E-state index contributed by atoms with van der Waals surface area (Å²) in [6.45, 7) is 10.6. The molecule has 2 heterocycles. The molecule has 0 N–H and O–H groups in total. The third kappa shape index (κ3) is 5.03. The number of benzene rings is 1. The Hall–Kier alpha value is -1.66. The highest BCUT2D eigenvalue weighted by Gasteiger charge is 2.41. The van der Waals surface area contributed by atoms with Gasteiger partial charge in [0.2, 0.25) is 0 Å². The maximum Gasteiger partial charge on any atom is 0.410 e. The fourth-order valence-electron chi connectivity index (χ4n) is 4.33. The number of amides is 1. The molecule has 1 aromatic rings. The molecule has 0 spiro atoms. The minimum atomic E-state index is -0.478. The standard InChI is InChI=1S/C22H34FN3O2/c1-21(2,3)28-20(27)25-13-15-26(16-14-25)22(9-11-24(4)12-10-22)17-18-7-5-6-8-19(18)23/h5-8H,9-17H2,1-4H3. The van der Waals surface area contributed by atoms with Crippen molar-refractivity contribution in [2.75, 3.05) is 46.3 Å². The number of nitrogens with zero attached hydrogens (tertiary/aromatic N) is 3. The van der Waals surface area contributed by atoms with Crippen LogP contribution in [0.15, 0.2) is 24.3 Å². The lowest BCUT2D eigenvalue weighted by Crippen LogP contribution is -2.62. The van der Waals surface area contributed by atoms with E-state index in [1.807, 2.05) is 32.9 Å². The van der Waals surface area contributed by atoms with E-state index in [-0.39, 0.29) is 17.4 Å². The van der Waals surface area contributed by atoms with Crippen molar-refractivity contribution in [1.29, 1.82) is 0 Å². The van der Waals surface area contributed by atoms with E-state index in [9.17, 15) is 9.18 Å². The minimum Gasteiger partial charge on any atom is -0.444 e. The van der Waals surface area contributed by atoms with Gasteiger partial charge in [-0.1, -0.05) is 18.2 Å². The summed E-state index contributed by atoms with van der Waals surface area (Å²) in [6, 6.07) is 7.13. The molecule has 0 aliphatic carbocycles. The van der Waals surface area contributed by atoms with E-state index in [0.29, 0.717) is 13.1 Å². The van der Waals surface area contributed by atoms with Crippen molar-refractivity contribution >= 4 is 6.09 Å². The molecule has 0 radical (unpaired) electrons. The van der Waals surface area contributed by atoms with Gasteiger partial charge in [-0.05, 0) is 71.8 Å². The Kier molecular flexibility index (Phi) is 6.30. The van der Waals surface area contributed by atoms with Crippen LogP contribution in [0.25, 0.3) is 0 Å². The van der Waals surface area contributed by atoms with Gasteiger partial charge in [0.25, 0.3) is 0 Å². The van der Waals surface area contributed by atoms with E-state index < -0.39 is 5.60 Å². The average Bonchev–Trinajstić information content (AvgIpc) is 2.64. The molecule has 156 valence electrons. The predicted octanol–water partition coefficient (Wildman–Crippen LogP) is 3.39. The van der Waals surface area contributed by atoms with Gasteiger partial charge in [0.05, 0.1) is 0 Å². The second-order valence-electron chi connectivity index (χ2n) is 9.25. The van der Waals surface area contributed by atoms with E-state index in [1.165, 1.54) is 0 Å². The summed E-state index contributed by atoms with van der Waals surface area (Å²) in [4.78, 5) is 19.0. The SMILES string of the molecule is CN1CCC(Cc2ccccc2F)(N2CCN(C(=O)OC(C)(C)C)CC2)CC1. The lowest BCUT2D eigenvalue weighted by atomic mass is 9.79. The number of carbonyl (C=O) groups excluding carboxylic acids is 1. The molecule has 28 heavy (non-hydrogen) atoms. The van der Waals surface area contributed by atoms with Crippen molar-refractivity contribution in [3.05, 3.63) is 35.6 Å². The molecule has 0 bridgehead atoms. The molecule has 0 aromatic heterocycles. The molecule has 1 aromatic carbocycles. The molecule has 3 rings (SSSR count). The molecule has 5 nitrogen and oxygen atoms in total. The fourth-order valence-corrected chi connectivity index (χ4v) is 4.33. The van der Waals surface area contributed by atoms with E-state index in [4.69, 9.17) is 4.74 Å². The fraction of sp³-hybridized carbons (Fsp3) is 0.682. The van der Waals surface area contributed by atoms with Gasteiger partial charge in [-0.3, -0.25) is 4.90 Å². The van der Waals surface area contributed by atoms with Gasteiger partial charge in [0.1, 0.15) is 11.4 Å². The second-order valence-corrected chi connectivity index (χ2v) is 9.25. The first-order valence-corrected chi connectivity index (χ1v) is 10.3. The van der Waals surface area contributed by atoms with Crippen molar-refractivity contribution in [3.8, 4) is 0 Å². The van der Waals surface area contributed by atoms with E-state index in [0.717, 1.165) is 51.0 Å². The smallest absolute Gasteiger partial charge is 0.410 e. The maximum atomic E-state index is 14.4. The molecule has 1 amide bonds. The average molecular weight is 392 g/mol. The topological polar surface area (TPSA) is 36.0 Å². The zero-order valence-corrected chi connectivity index (χ0v) is 17.7. The maximum absolute atomic E-state index is 14.4. The quantitative estimate of drug-likeness (QED) is 0.791. The lowest BCUT2D eigenvalue weighted by molar-refractivity contribution is -0.0212. The summed E-state index contributed by atoms with van der Waals surface area (Å²) in [5, 5.41) is 0. The van der Waals surface area contributed by atoms with Gasteiger partial charge < -0.3 is 14.5 Å². The Labute approximate surface area is 168 Å². The highest BCUT2D eigenvalue weighted by atomic mass is 19.1. The molecule has 6 heteroatoms. The molecule has 2 aliphatic rings. The van der Waals surface area contributed by atoms with Crippen LogP contribution in [0, 0.1) is 5.82 Å². The van der Waals surface area contributed by atoms with Gasteiger partial charge in [-0.2, -0.15) is 0 Å². The number of likely N-dealkylation sites (tertiary alicyclic amines) is 1. The Morgan fingerprint density at radius 1 is 1.07 bits per heavy atom. The minimum absolute atomic E-state index is 0.0469. The molecule has 0 atom stereocenters. The number of rotatable bonds is 3. The molecule has 0 saturated carbocycles. The molecular formula is C22H34FN3O2. The van der Waals surface area contributed by atoms with Gasteiger partial charge >= 0.3 is 6.09 Å². The van der Waals surface area contributed by atoms with Crippen LogP contribution >= 0.6 is 0 Å². The van der Waals surface area contributed by atoms with Crippen LogP contribution in [0.1, 0.15) is 39.2 Å². The lowest BCUT2D eigenvalue weighted by Gasteiger charge is -2.51. The number of ether oxygens (including phenoxy) is 1. The summed E-state index contributed by atoms with van der Waals surface area (Å²) in [6.07, 6.45) is 2.52. The zero-order valence-electron chi connectivity index (χ0n) is 17.7. The zero-order chi connectivity index (χ0) is 20.4. The van der Waals surface area contributed by atoms with E-state index in [2.05, 4.69) is 16.8 Å². The monoisotopic (exact) mass is 391 g/mol. The summed E-state index contributed by atoms with van der Waals surface area (Å²) in [5.74, 6) is -0.117. The van der Waals surface area contributed by atoms with Crippen molar-refractivity contribution in [3.63, 3.8) is 0 Å². The summed E-state index contributed by atoms with van der Waals surface area (Å²) in [7, 11) is 2.15. The third-order valence-corrected chi connectivity index (χ3v) is 6.00. The molecule has 2 fully saturated rings. The van der Waals surface area contributed by atoms with Crippen molar-refractivity contribution < 1.29 is 13.9 Å². The molecule has 2 saturated heterocycles. The number of carbonyl (C=O) groups is 1. The first kappa shape index (κ1) is 21.1. The van der Waals surface area contributed by atoms with E-state index >= 15 is 0 Å². The summed E-state index contributed by atoms with van der Waals surface area (Å²) >= 11 is 0. The third-order valence-electron chi connectivity index (χ3n) is 6.00. The normalized spacial score (nSPS) is 21.5. The van der Waals surface area contributed by atoms with Crippen LogP contribution < -0.4 is 0 Å². The number of hydrogen-bond donors (Lipinski definition) is 0. The first-order chi connectivity index (χ1) is 13.2. The largest absolute Gasteiger partial charge is 0.444 e. The van der Waals surface area contributed by atoms with Crippen molar-refractivity contribution in [2.24, 2.45) is 0 Å². The van der Waals surface area contributed by atoms with Gasteiger partial charge in [0.15, 0.2) is 0 Å². The summed E-state index contributed by atoms with van der Waals surface area (Å²) in [5.41, 5.74) is 0.268. The van der Waals surface area contributed by atoms with Crippen LogP contribution in [0.3, 0.4) is 0 Å². The highest BCUT2D eigenvalue weighted by Crippen LogP contribution is 2.34. The Balaban J connectivity index is 1.70. The predicted molar refractivity (Wildman–Crippen MR) is 109 cm³/mol. The van der Waals surface area contributed by atoms with Gasteiger partial charge in [-0.15, -0.1) is 0 Å². The Bertz CT molecular complexity index is 673. The molecular weight excluding hydrogens is 357 g/mol. The Morgan fingerprint density at radius 3 is 2.25 bits per heavy atom. The molecule has 0 unspecified atom stereocenters. The van der Waals surface area contributed by atoms with Gasteiger partial charge in [-0.25, -0.2) is 9.18 Å². The number of piperidine rings is 1. The molecule has 2 aliphatic heterocycles. The highest BCUT2D eigenvalue weighted by molar-refractivity contribution is 5.68. The van der Waals surface area contributed by atoms with Crippen LogP contribution in [-0.2, 0) is 11.2 Å². The number of halogens is 1. The van der Waals surface area contributed by atoms with E-state index in [1.54, 1.807) is 17.0 Å². The Morgan fingerprint density at radius 2 is 1.68 bits per heavy atom. The van der Waals surface area contributed by atoms with Crippen molar-refractivity contribution in [1.82, 2.24) is 14.7 Å². The number of hydrogen-bond acceptors (Lipinski definition) is 4. The van der Waals surface area contributed by atoms with Crippen LogP contribution in [0.2, 0.25) is 0 Å².